The molecule has 2 N–H and O–H groups in total. The monoisotopic (exact) mass is 361 g/mol. The van der Waals surface area contributed by atoms with Crippen molar-refractivity contribution < 1.29 is 14.3 Å². The summed E-state index contributed by atoms with van der Waals surface area (Å²) in [4.78, 5) is 13.6. The number of carboxylic acid groups (broad SMARTS) is 1. The van der Waals surface area contributed by atoms with Crippen molar-refractivity contribution in [2.75, 3.05) is 24.5 Å². The normalized spacial score (nSPS) is 20.9. The predicted octanol–water partition coefficient (Wildman–Crippen LogP) is 3.34. The van der Waals surface area contributed by atoms with E-state index in [9.17, 15) is 14.3 Å². The molecule has 2 heterocycles. The minimum Gasteiger partial charge on any atom is -0.478 e. The van der Waals surface area contributed by atoms with Crippen LogP contribution in [0.25, 0.3) is 10.9 Å². The Morgan fingerprint density at radius 2 is 2.16 bits per heavy atom. The first-order valence-electron chi connectivity index (χ1n) is 8.56. The molecule has 0 spiro atoms. The van der Waals surface area contributed by atoms with Crippen LogP contribution in [0.2, 0.25) is 0 Å². The first-order valence-corrected chi connectivity index (χ1v) is 8.97. The summed E-state index contributed by atoms with van der Waals surface area (Å²) in [6.07, 6.45) is 3.63. The number of rotatable bonds is 3. The Balaban J connectivity index is 1.95. The molecule has 5 nitrogen and oxygen atoms in total. The van der Waals surface area contributed by atoms with Gasteiger partial charge in [0.2, 0.25) is 0 Å². The third kappa shape index (κ3) is 2.81. The number of pyridine rings is 1. The Bertz CT molecular complexity index is 923. The van der Waals surface area contributed by atoms with Gasteiger partial charge in [0.25, 0.3) is 0 Å². The van der Waals surface area contributed by atoms with Gasteiger partial charge in [0.05, 0.1) is 21.3 Å². The summed E-state index contributed by atoms with van der Waals surface area (Å²) in [5.74, 6) is -1.42. The van der Waals surface area contributed by atoms with Crippen molar-refractivity contribution in [2.45, 2.75) is 31.8 Å². The molecule has 2 fully saturated rings. The number of benzene rings is 1. The molecule has 1 saturated carbocycles. The van der Waals surface area contributed by atoms with Crippen LogP contribution in [0.3, 0.4) is 0 Å². The van der Waals surface area contributed by atoms with E-state index in [1.165, 1.54) is 6.07 Å². The predicted molar refractivity (Wildman–Crippen MR) is 97.6 cm³/mol. The molecule has 1 saturated heterocycles. The van der Waals surface area contributed by atoms with Gasteiger partial charge in [-0.05, 0) is 31.9 Å². The van der Waals surface area contributed by atoms with Crippen LogP contribution < -0.4 is 10.2 Å². The zero-order valence-electron chi connectivity index (χ0n) is 14.0. The number of aromatic nitrogens is 1. The van der Waals surface area contributed by atoms with Crippen LogP contribution >= 0.6 is 12.2 Å². The molecule has 0 bridgehead atoms. The lowest BCUT2D eigenvalue weighted by Gasteiger charge is -2.36. The van der Waals surface area contributed by atoms with E-state index >= 15 is 0 Å². The summed E-state index contributed by atoms with van der Waals surface area (Å²) in [6.45, 7) is 4.43. The minimum atomic E-state index is -1.07. The highest BCUT2D eigenvalue weighted by Gasteiger charge is 2.28. The van der Waals surface area contributed by atoms with Crippen LogP contribution in [-0.4, -0.2) is 41.3 Å². The van der Waals surface area contributed by atoms with Crippen LogP contribution in [0.15, 0.2) is 18.3 Å². The number of anilines is 1. The van der Waals surface area contributed by atoms with Gasteiger partial charge in [0, 0.05) is 43.3 Å². The van der Waals surface area contributed by atoms with E-state index in [0.717, 1.165) is 38.0 Å². The molecule has 4 rings (SSSR count). The largest absolute Gasteiger partial charge is 0.478 e. The van der Waals surface area contributed by atoms with Gasteiger partial charge < -0.3 is 19.9 Å². The smallest absolute Gasteiger partial charge is 0.338 e. The highest BCUT2D eigenvalue weighted by Crippen LogP contribution is 2.39. The van der Waals surface area contributed by atoms with E-state index in [2.05, 4.69) is 17.1 Å². The molecule has 1 aliphatic carbocycles. The molecule has 25 heavy (non-hydrogen) atoms. The molecule has 1 aromatic carbocycles. The maximum absolute atomic E-state index is 14.9. The fraction of sp³-hybridized carbons (Fsp3) is 0.444. The van der Waals surface area contributed by atoms with E-state index in [1.54, 1.807) is 6.20 Å². The zero-order chi connectivity index (χ0) is 17.7. The fourth-order valence-electron chi connectivity index (χ4n) is 3.58. The van der Waals surface area contributed by atoms with Gasteiger partial charge in [-0.3, -0.25) is 0 Å². The van der Waals surface area contributed by atoms with Gasteiger partial charge in [-0.15, -0.1) is 0 Å². The van der Waals surface area contributed by atoms with Gasteiger partial charge in [-0.25, -0.2) is 9.18 Å². The van der Waals surface area contributed by atoms with Crippen LogP contribution in [0, 0.1) is 10.3 Å². The standard InChI is InChI=1S/C18H20FN3O2S/c1-10-8-20-4-5-21(10)16-7-15-12(6-14(16)19)17(25)13(18(23)24)9-22(15)11-2-3-11/h6-7,9-11,20H,2-5,8H2,1H3,(H,23,24). The number of fused-ring (bicyclic) bond motifs is 1. The summed E-state index contributed by atoms with van der Waals surface area (Å²) in [5.41, 5.74) is 1.45. The molecule has 132 valence electrons. The quantitative estimate of drug-likeness (QED) is 0.821. The Morgan fingerprint density at radius 1 is 1.40 bits per heavy atom. The Hall–Kier alpha value is -1.99. The summed E-state index contributed by atoms with van der Waals surface area (Å²) in [5, 5.41) is 13.2. The number of carbonyl (C=O) groups is 1. The van der Waals surface area contributed by atoms with Gasteiger partial charge in [0.1, 0.15) is 5.82 Å². The Morgan fingerprint density at radius 3 is 2.80 bits per heavy atom. The van der Waals surface area contributed by atoms with Gasteiger partial charge in [-0.2, -0.15) is 0 Å². The molecule has 0 amide bonds. The number of halogens is 1. The topological polar surface area (TPSA) is 57.5 Å². The van der Waals surface area contributed by atoms with E-state index in [-0.39, 0.29) is 28.0 Å². The molecule has 2 aromatic rings. The van der Waals surface area contributed by atoms with E-state index < -0.39 is 5.97 Å². The minimum absolute atomic E-state index is 0.0668. The van der Waals surface area contributed by atoms with Crippen molar-refractivity contribution in [1.29, 1.82) is 0 Å². The molecule has 1 unspecified atom stereocenters. The number of carboxylic acids is 1. The lowest BCUT2D eigenvalue weighted by Crippen LogP contribution is -2.50. The van der Waals surface area contributed by atoms with Gasteiger partial charge >= 0.3 is 5.97 Å². The summed E-state index contributed by atoms with van der Waals surface area (Å²) in [7, 11) is 0. The van der Waals surface area contributed by atoms with Crippen molar-refractivity contribution in [2.24, 2.45) is 0 Å². The van der Waals surface area contributed by atoms with Crippen molar-refractivity contribution in [3.63, 3.8) is 0 Å². The van der Waals surface area contributed by atoms with Crippen LogP contribution in [-0.2, 0) is 0 Å². The van der Waals surface area contributed by atoms with Crippen molar-refractivity contribution >= 4 is 34.8 Å². The molecule has 1 aliphatic heterocycles. The first-order chi connectivity index (χ1) is 12.0. The van der Waals surface area contributed by atoms with E-state index in [4.69, 9.17) is 12.2 Å². The van der Waals surface area contributed by atoms with Gasteiger partial charge in [0.15, 0.2) is 0 Å². The second-order valence-electron chi connectivity index (χ2n) is 6.88. The molecule has 1 atom stereocenters. The highest BCUT2D eigenvalue weighted by molar-refractivity contribution is 7.71. The third-order valence-electron chi connectivity index (χ3n) is 5.08. The van der Waals surface area contributed by atoms with Crippen molar-refractivity contribution in [3.8, 4) is 0 Å². The lowest BCUT2D eigenvalue weighted by molar-refractivity contribution is 0.0695. The summed E-state index contributed by atoms with van der Waals surface area (Å²) < 4.78 is 17.0. The third-order valence-corrected chi connectivity index (χ3v) is 5.52. The average molecular weight is 361 g/mol. The second kappa shape index (κ2) is 6.07. The van der Waals surface area contributed by atoms with E-state index in [0.29, 0.717) is 11.1 Å². The SMILES string of the molecule is CC1CNCCN1c1cc2c(cc1F)c(=S)c(C(=O)O)cn2C1CC1. The van der Waals surface area contributed by atoms with Gasteiger partial charge in [-0.1, -0.05) is 12.2 Å². The zero-order valence-corrected chi connectivity index (χ0v) is 14.8. The summed E-state index contributed by atoms with van der Waals surface area (Å²) >= 11 is 5.33. The first kappa shape index (κ1) is 16.5. The van der Waals surface area contributed by atoms with Crippen molar-refractivity contribution in [3.05, 3.63) is 34.2 Å². The molecular weight excluding hydrogens is 341 g/mol. The maximum atomic E-state index is 14.9. The number of aromatic carboxylic acids is 1. The molecule has 7 heteroatoms. The van der Waals surface area contributed by atoms with E-state index in [1.807, 2.05) is 10.6 Å². The Labute approximate surface area is 150 Å². The van der Waals surface area contributed by atoms with Crippen LogP contribution in [0.4, 0.5) is 10.1 Å². The Kier molecular flexibility index (Phi) is 4.00. The molecule has 1 aromatic heterocycles. The number of piperazine rings is 1. The van der Waals surface area contributed by atoms with Crippen molar-refractivity contribution in [1.82, 2.24) is 9.88 Å². The highest BCUT2D eigenvalue weighted by atomic mass is 32.1. The van der Waals surface area contributed by atoms with Crippen LogP contribution in [0.1, 0.15) is 36.2 Å². The molecular formula is C18H20FN3O2S. The molecule has 2 aliphatic rings. The number of nitrogens with one attached hydrogen (secondary N) is 1. The average Bonchev–Trinajstić information content (AvgIpc) is 3.40. The second-order valence-corrected chi connectivity index (χ2v) is 7.29. The van der Waals surface area contributed by atoms with Crippen LogP contribution in [0.5, 0.6) is 0 Å². The lowest BCUT2D eigenvalue weighted by atomic mass is 10.1. The number of hydrogen-bond acceptors (Lipinski definition) is 4. The fourth-order valence-corrected chi connectivity index (χ4v) is 3.89. The summed E-state index contributed by atoms with van der Waals surface area (Å²) in [6, 6.07) is 3.71. The number of nitrogens with zero attached hydrogens (tertiary/aromatic N) is 2. The maximum Gasteiger partial charge on any atom is 0.338 e. The molecule has 0 radical (unpaired) electrons. The number of hydrogen-bond donors (Lipinski definition) is 2.